The lowest BCUT2D eigenvalue weighted by molar-refractivity contribution is 0.188. The van der Waals surface area contributed by atoms with Crippen LogP contribution in [0.3, 0.4) is 0 Å². The topological polar surface area (TPSA) is 40.6 Å². The fourth-order valence-electron chi connectivity index (χ4n) is 3.21. The summed E-state index contributed by atoms with van der Waals surface area (Å²) in [7, 11) is -3.37. The van der Waals surface area contributed by atoms with Crippen LogP contribution in [-0.2, 0) is 10.0 Å². The van der Waals surface area contributed by atoms with Crippen LogP contribution < -0.4 is 0 Å². The summed E-state index contributed by atoms with van der Waals surface area (Å²) in [6.45, 7) is 11.8. The zero-order chi connectivity index (χ0) is 15.6. The molecule has 0 aliphatic carbocycles. The Hall–Kier alpha value is -0.910. The molecule has 1 fully saturated rings. The van der Waals surface area contributed by atoms with Gasteiger partial charge in [-0.15, -0.1) is 0 Å². The first kappa shape index (κ1) is 16.5. The summed E-state index contributed by atoms with van der Waals surface area (Å²) in [5.41, 5.74) is 2.81. The number of piperazine rings is 1. The van der Waals surface area contributed by atoms with Gasteiger partial charge in [0.2, 0.25) is 10.0 Å². The standard InChI is InChI=1S/C16H26N2O2S/c1-5-6-17-7-9-18(10-8-17)21(19,20)16-14(3)11-13(2)12-15(16)4/h11-12H,5-10H2,1-4H3. The quantitative estimate of drug-likeness (QED) is 0.857. The number of rotatable bonds is 4. The summed E-state index contributed by atoms with van der Waals surface area (Å²) in [5.74, 6) is 0. The normalized spacial score (nSPS) is 18.1. The Kier molecular flexibility index (Phi) is 5.07. The van der Waals surface area contributed by atoms with E-state index in [1.165, 1.54) is 0 Å². The molecule has 0 N–H and O–H groups in total. The second kappa shape index (κ2) is 6.46. The molecule has 1 heterocycles. The highest BCUT2D eigenvalue weighted by atomic mass is 32.2. The minimum atomic E-state index is -3.37. The molecule has 1 aliphatic rings. The van der Waals surface area contributed by atoms with Gasteiger partial charge in [0.15, 0.2) is 0 Å². The molecule has 1 aromatic rings. The first-order valence-electron chi connectivity index (χ1n) is 7.66. The average molecular weight is 310 g/mol. The third-order valence-electron chi connectivity index (χ3n) is 4.07. The molecule has 0 amide bonds. The Balaban J connectivity index is 2.24. The predicted octanol–water partition coefficient (Wildman–Crippen LogP) is 2.33. The molecular weight excluding hydrogens is 284 g/mol. The van der Waals surface area contributed by atoms with Crippen LogP contribution in [0.2, 0.25) is 0 Å². The van der Waals surface area contributed by atoms with Crippen molar-refractivity contribution in [2.24, 2.45) is 0 Å². The minimum Gasteiger partial charge on any atom is -0.301 e. The maximum absolute atomic E-state index is 12.9. The summed E-state index contributed by atoms with van der Waals surface area (Å²) >= 11 is 0. The second-order valence-electron chi connectivity index (χ2n) is 5.97. The number of nitrogens with zero attached hydrogens (tertiary/aromatic N) is 2. The molecule has 0 aromatic heterocycles. The Morgan fingerprint density at radius 3 is 2.00 bits per heavy atom. The molecule has 1 aliphatic heterocycles. The summed E-state index contributed by atoms with van der Waals surface area (Å²) in [6, 6.07) is 3.90. The Labute approximate surface area is 128 Å². The molecule has 1 saturated heterocycles. The third-order valence-corrected chi connectivity index (χ3v) is 6.28. The smallest absolute Gasteiger partial charge is 0.243 e. The molecule has 0 bridgehead atoms. The van der Waals surface area contributed by atoms with E-state index in [0.717, 1.165) is 42.7 Å². The van der Waals surface area contributed by atoms with Crippen molar-refractivity contribution < 1.29 is 8.42 Å². The van der Waals surface area contributed by atoms with Gasteiger partial charge >= 0.3 is 0 Å². The van der Waals surface area contributed by atoms with E-state index in [0.29, 0.717) is 18.0 Å². The van der Waals surface area contributed by atoms with E-state index in [-0.39, 0.29) is 0 Å². The van der Waals surface area contributed by atoms with Crippen molar-refractivity contribution in [3.63, 3.8) is 0 Å². The molecule has 0 radical (unpaired) electrons. The van der Waals surface area contributed by atoms with Gasteiger partial charge in [0.05, 0.1) is 4.90 Å². The lowest BCUT2D eigenvalue weighted by Gasteiger charge is -2.34. The van der Waals surface area contributed by atoms with Crippen LogP contribution >= 0.6 is 0 Å². The van der Waals surface area contributed by atoms with Crippen molar-refractivity contribution in [1.29, 1.82) is 0 Å². The molecule has 5 heteroatoms. The number of aryl methyl sites for hydroxylation is 3. The van der Waals surface area contributed by atoms with E-state index >= 15 is 0 Å². The van der Waals surface area contributed by atoms with E-state index in [1.54, 1.807) is 4.31 Å². The largest absolute Gasteiger partial charge is 0.301 e. The maximum atomic E-state index is 12.9. The first-order valence-corrected chi connectivity index (χ1v) is 9.10. The van der Waals surface area contributed by atoms with Crippen LogP contribution in [0, 0.1) is 20.8 Å². The fourth-order valence-corrected chi connectivity index (χ4v) is 5.05. The lowest BCUT2D eigenvalue weighted by Crippen LogP contribution is -2.48. The van der Waals surface area contributed by atoms with Gasteiger partial charge in [-0.3, -0.25) is 0 Å². The van der Waals surface area contributed by atoms with Crippen molar-refractivity contribution in [3.05, 3.63) is 28.8 Å². The van der Waals surface area contributed by atoms with Gasteiger partial charge < -0.3 is 4.90 Å². The monoisotopic (exact) mass is 310 g/mol. The van der Waals surface area contributed by atoms with Crippen molar-refractivity contribution >= 4 is 10.0 Å². The molecule has 0 saturated carbocycles. The van der Waals surface area contributed by atoms with Gasteiger partial charge in [-0.1, -0.05) is 24.6 Å². The average Bonchev–Trinajstić information content (AvgIpc) is 2.38. The Bertz CT molecular complexity index is 580. The highest BCUT2D eigenvalue weighted by Crippen LogP contribution is 2.26. The van der Waals surface area contributed by atoms with Crippen LogP contribution in [-0.4, -0.2) is 50.3 Å². The summed E-state index contributed by atoms with van der Waals surface area (Å²) in [4.78, 5) is 2.83. The van der Waals surface area contributed by atoms with Crippen molar-refractivity contribution in [2.75, 3.05) is 32.7 Å². The van der Waals surface area contributed by atoms with E-state index in [9.17, 15) is 8.42 Å². The van der Waals surface area contributed by atoms with E-state index in [2.05, 4.69) is 11.8 Å². The summed E-state index contributed by atoms with van der Waals surface area (Å²) < 4.78 is 27.5. The first-order chi connectivity index (χ1) is 9.86. The number of benzene rings is 1. The zero-order valence-electron chi connectivity index (χ0n) is 13.5. The fraction of sp³-hybridized carbons (Fsp3) is 0.625. The molecule has 118 valence electrons. The van der Waals surface area contributed by atoms with Crippen LogP contribution in [0.1, 0.15) is 30.0 Å². The molecule has 0 unspecified atom stereocenters. The van der Waals surface area contributed by atoms with E-state index in [4.69, 9.17) is 0 Å². The van der Waals surface area contributed by atoms with Crippen LogP contribution in [0.4, 0.5) is 0 Å². The number of hydrogen-bond acceptors (Lipinski definition) is 3. The molecular formula is C16H26N2O2S. The van der Waals surface area contributed by atoms with Gasteiger partial charge in [-0.05, 0) is 44.9 Å². The zero-order valence-corrected chi connectivity index (χ0v) is 14.3. The number of sulfonamides is 1. The van der Waals surface area contributed by atoms with Crippen molar-refractivity contribution in [3.8, 4) is 0 Å². The summed E-state index contributed by atoms with van der Waals surface area (Å²) in [5, 5.41) is 0. The Morgan fingerprint density at radius 2 is 1.52 bits per heavy atom. The maximum Gasteiger partial charge on any atom is 0.243 e. The molecule has 21 heavy (non-hydrogen) atoms. The SMILES string of the molecule is CCCN1CCN(S(=O)(=O)c2c(C)cc(C)cc2C)CC1. The van der Waals surface area contributed by atoms with Gasteiger partial charge in [0, 0.05) is 26.2 Å². The van der Waals surface area contributed by atoms with Crippen molar-refractivity contribution in [2.45, 2.75) is 39.0 Å². The minimum absolute atomic E-state index is 0.497. The Morgan fingerprint density at radius 1 is 1.00 bits per heavy atom. The van der Waals surface area contributed by atoms with Gasteiger partial charge in [-0.25, -0.2) is 8.42 Å². The highest BCUT2D eigenvalue weighted by Gasteiger charge is 2.30. The molecule has 0 spiro atoms. The van der Waals surface area contributed by atoms with E-state index in [1.807, 2.05) is 32.9 Å². The van der Waals surface area contributed by atoms with E-state index < -0.39 is 10.0 Å². The van der Waals surface area contributed by atoms with Crippen LogP contribution in [0.25, 0.3) is 0 Å². The third kappa shape index (κ3) is 3.47. The van der Waals surface area contributed by atoms with Crippen LogP contribution in [0.15, 0.2) is 17.0 Å². The molecule has 0 atom stereocenters. The van der Waals surface area contributed by atoms with Crippen molar-refractivity contribution in [1.82, 2.24) is 9.21 Å². The highest BCUT2D eigenvalue weighted by molar-refractivity contribution is 7.89. The van der Waals surface area contributed by atoms with Gasteiger partial charge in [0.1, 0.15) is 0 Å². The molecule has 4 nitrogen and oxygen atoms in total. The van der Waals surface area contributed by atoms with Gasteiger partial charge in [0.25, 0.3) is 0 Å². The molecule has 1 aromatic carbocycles. The number of hydrogen-bond donors (Lipinski definition) is 0. The summed E-state index contributed by atoms with van der Waals surface area (Å²) in [6.07, 6.45) is 1.11. The van der Waals surface area contributed by atoms with Gasteiger partial charge in [-0.2, -0.15) is 4.31 Å². The van der Waals surface area contributed by atoms with Crippen LogP contribution in [0.5, 0.6) is 0 Å². The molecule has 2 rings (SSSR count). The predicted molar refractivity (Wildman–Crippen MR) is 86.1 cm³/mol. The lowest BCUT2D eigenvalue weighted by atomic mass is 10.1. The second-order valence-corrected chi connectivity index (χ2v) is 7.85.